The molecule has 0 saturated heterocycles. The number of carbonyl (C=O) groups is 1. The Balaban J connectivity index is 2.21. The maximum Gasteiger partial charge on any atom is 0.323 e. The lowest BCUT2D eigenvalue weighted by Crippen LogP contribution is -2.48. The summed E-state index contributed by atoms with van der Waals surface area (Å²) in [6.45, 7) is 0. The minimum Gasteiger partial charge on any atom is -0.480 e. The molecule has 3 heteroatoms. The molecule has 56 valence electrons. The molecule has 0 bridgehead atoms. The maximum absolute atomic E-state index is 10.6. The minimum absolute atomic E-state index is 0.296. The molecule has 3 atom stereocenters. The van der Waals surface area contributed by atoms with Crippen LogP contribution in [0.5, 0.6) is 0 Å². The average molecular weight is 141 g/mol. The lowest BCUT2D eigenvalue weighted by atomic mass is 9.95. The first-order chi connectivity index (χ1) is 4.64. The van der Waals surface area contributed by atoms with Crippen molar-refractivity contribution in [2.24, 2.45) is 17.6 Å². The minimum atomic E-state index is -0.856. The molecular formula is C7H11NO2. The van der Waals surface area contributed by atoms with E-state index in [0.29, 0.717) is 18.3 Å². The Labute approximate surface area is 59.2 Å². The number of aliphatic carboxylic acids is 1. The van der Waals surface area contributed by atoms with Crippen LogP contribution in [0.1, 0.15) is 19.3 Å². The van der Waals surface area contributed by atoms with Crippen LogP contribution in [0.2, 0.25) is 0 Å². The number of hydrogen-bond donors (Lipinski definition) is 2. The van der Waals surface area contributed by atoms with Gasteiger partial charge in [0.15, 0.2) is 0 Å². The van der Waals surface area contributed by atoms with Crippen molar-refractivity contribution in [3.05, 3.63) is 0 Å². The first-order valence-electron chi connectivity index (χ1n) is 3.67. The molecule has 0 aromatic rings. The number of carboxylic acid groups (broad SMARTS) is 1. The molecule has 2 aliphatic carbocycles. The molecule has 0 amide bonds. The maximum atomic E-state index is 10.6. The Morgan fingerprint density at radius 2 is 2.40 bits per heavy atom. The third-order valence-electron chi connectivity index (χ3n) is 2.91. The summed E-state index contributed by atoms with van der Waals surface area (Å²) >= 11 is 0. The smallest absolute Gasteiger partial charge is 0.323 e. The number of nitrogens with two attached hydrogens (primary N) is 1. The molecular weight excluding hydrogens is 130 g/mol. The van der Waals surface area contributed by atoms with Crippen molar-refractivity contribution < 1.29 is 9.90 Å². The molecule has 0 spiro atoms. The summed E-state index contributed by atoms with van der Waals surface area (Å²) in [7, 11) is 0. The first kappa shape index (κ1) is 6.16. The summed E-state index contributed by atoms with van der Waals surface area (Å²) < 4.78 is 0. The fraction of sp³-hybridized carbons (Fsp3) is 0.857. The van der Waals surface area contributed by atoms with Crippen LogP contribution in [0.4, 0.5) is 0 Å². The molecule has 2 saturated carbocycles. The van der Waals surface area contributed by atoms with Crippen LogP contribution in [-0.2, 0) is 4.79 Å². The van der Waals surface area contributed by atoms with E-state index in [9.17, 15) is 4.79 Å². The van der Waals surface area contributed by atoms with Crippen LogP contribution >= 0.6 is 0 Å². The van der Waals surface area contributed by atoms with E-state index in [4.69, 9.17) is 10.8 Å². The van der Waals surface area contributed by atoms with E-state index in [2.05, 4.69) is 0 Å². The van der Waals surface area contributed by atoms with Gasteiger partial charge < -0.3 is 10.8 Å². The second kappa shape index (κ2) is 1.53. The number of carboxylic acids is 1. The molecule has 0 heterocycles. The van der Waals surface area contributed by atoms with Crippen LogP contribution in [0.25, 0.3) is 0 Å². The Bertz CT molecular complexity index is 192. The molecule has 3 nitrogen and oxygen atoms in total. The quantitative estimate of drug-likeness (QED) is 0.548. The largest absolute Gasteiger partial charge is 0.480 e. The van der Waals surface area contributed by atoms with Gasteiger partial charge in [-0.3, -0.25) is 4.79 Å². The van der Waals surface area contributed by atoms with Crippen molar-refractivity contribution in [3.8, 4) is 0 Å². The molecule has 3 N–H and O–H groups in total. The zero-order chi connectivity index (χ0) is 7.35. The lowest BCUT2D eigenvalue weighted by molar-refractivity contribution is -0.143. The third kappa shape index (κ3) is 0.560. The molecule has 0 radical (unpaired) electrons. The van der Waals surface area contributed by atoms with Crippen LogP contribution in [-0.4, -0.2) is 16.6 Å². The zero-order valence-corrected chi connectivity index (χ0v) is 5.71. The van der Waals surface area contributed by atoms with Crippen LogP contribution in [0.15, 0.2) is 0 Å². The number of hydrogen-bond acceptors (Lipinski definition) is 2. The van der Waals surface area contributed by atoms with Crippen molar-refractivity contribution in [2.75, 3.05) is 0 Å². The van der Waals surface area contributed by atoms with Gasteiger partial charge in [-0.1, -0.05) is 0 Å². The van der Waals surface area contributed by atoms with Gasteiger partial charge in [-0.15, -0.1) is 0 Å². The van der Waals surface area contributed by atoms with E-state index in [1.165, 1.54) is 0 Å². The van der Waals surface area contributed by atoms with Crippen molar-refractivity contribution in [3.63, 3.8) is 0 Å². The molecule has 0 aromatic heterocycles. The molecule has 0 aromatic carbocycles. The van der Waals surface area contributed by atoms with E-state index in [1.807, 2.05) is 0 Å². The number of rotatable bonds is 1. The van der Waals surface area contributed by atoms with E-state index in [1.54, 1.807) is 0 Å². The Hall–Kier alpha value is -0.570. The summed E-state index contributed by atoms with van der Waals surface area (Å²) in [5.74, 6) is 0.128. The second-order valence-electron chi connectivity index (χ2n) is 3.49. The predicted octanol–water partition coefficient (Wildman–Crippen LogP) is 0.198. The SMILES string of the molecule is N[C@]1(C(=O)O)CC[C@@H]2C[C@@H]21. The Morgan fingerprint density at radius 3 is 2.60 bits per heavy atom. The van der Waals surface area contributed by atoms with Crippen LogP contribution < -0.4 is 5.73 Å². The van der Waals surface area contributed by atoms with E-state index in [0.717, 1.165) is 12.8 Å². The normalized spacial score (nSPS) is 50.5. The summed E-state index contributed by atoms with van der Waals surface area (Å²) in [5, 5.41) is 8.74. The van der Waals surface area contributed by atoms with Gasteiger partial charge in [-0.05, 0) is 31.1 Å². The second-order valence-corrected chi connectivity index (χ2v) is 3.49. The molecule has 2 rings (SSSR count). The van der Waals surface area contributed by atoms with Crippen molar-refractivity contribution in [1.29, 1.82) is 0 Å². The third-order valence-corrected chi connectivity index (χ3v) is 2.91. The van der Waals surface area contributed by atoms with Crippen molar-refractivity contribution in [1.82, 2.24) is 0 Å². The molecule has 0 aliphatic heterocycles. The highest BCUT2D eigenvalue weighted by molar-refractivity contribution is 5.80. The first-order valence-corrected chi connectivity index (χ1v) is 3.67. The van der Waals surface area contributed by atoms with E-state index in [-0.39, 0.29) is 0 Å². The lowest BCUT2D eigenvalue weighted by Gasteiger charge is -2.19. The van der Waals surface area contributed by atoms with Crippen molar-refractivity contribution >= 4 is 5.97 Å². The summed E-state index contributed by atoms with van der Waals surface area (Å²) in [6.07, 6.45) is 2.74. The van der Waals surface area contributed by atoms with E-state index >= 15 is 0 Å². The fourth-order valence-corrected chi connectivity index (χ4v) is 2.07. The van der Waals surface area contributed by atoms with Gasteiger partial charge >= 0.3 is 5.97 Å². The summed E-state index contributed by atoms with van der Waals surface area (Å²) in [4.78, 5) is 10.6. The molecule has 2 aliphatic rings. The van der Waals surface area contributed by atoms with Crippen LogP contribution in [0.3, 0.4) is 0 Å². The highest BCUT2D eigenvalue weighted by Crippen LogP contribution is 2.56. The van der Waals surface area contributed by atoms with E-state index < -0.39 is 11.5 Å². The molecule has 10 heavy (non-hydrogen) atoms. The van der Waals surface area contributed by atoms with Gasteiger partial charge in [0.2, 0.25) is 0 Å². The highest BCUT2D eigenvalue weighted by atomic mass is 16.4. The monoisotopic (exact) mass is 141 g/mol. The van der Waals surface area contributed by atoms with Gasteiger partial charge in [0, 0.05) is 0 Å². The van der Waals surface area contributed by atoms with Gasteiger partial charge in [0.05, 0.1) is 0 Å². The van der Waals surface area contributed by atoms with Gasteiger partial charge in [0.1, 0.15) is 5.54 Å². The summed E-state index contributed by atoms with van der Waals surface area (Å²) in [6, 6.07) is 0. The van der Waals surface area contributed by atoms with Crippen LogP contribution in [0, 0.1) is 11.8 Å². The number of fused-ring (bicyclic) bond motifs is 1. The standard InChI is InChI=1S/C7H11NO2/c8-7(6(9)10)2-1-4-3-5(4)7/h4-5H,1-3,8H2,(H,9,10)/t4-,5+,7-/m1/s1. The summed E-state index contributed by atoms with van der Waals surface area (Å²) in [5.41, 5.74) is 4.83. The molecule has 0 unspecified atom stereocenters. The van der Waals surface area contributed by atoms with Crippen molar-refractivity contribution in [2.45, 2.75) is 24.8 Å². The Morgan fingerprint density at radius 1 is 1.70 bits per heavy atom. The predicted molar refractivity (Wildman–Crippen MR) is 35.4 cm³/mol. The average Bonchev–Trinajstić information content (AvgIpc) is 2.56. The van der Waals surface area contributed by atoms with Gasteiger partial charge in [-0.25, -0.2) is 0 Å². The zero-order valence-electron chi connectivity index (χ0n) is 5.71. The fourth-order valence-electron chi connectivity index (χ4n) is 2.07. The van der Waals surface area contributed by atoms with Gasteiger partial charge in [-0.2, -0.15) is 0 Å². The van der Waals surface area contributed by atoms with Gasteiger partial charge in [0.25, 0.3) is 0 Å². The topological polar surface area (TPSA) is 63.3 Å². The Kier molecular flexibility index (Phi) is 0.944. The highest BCUT2D eigenvalue weighted by Gasteiger charge is 2.59. The molecule has 2 fully saturated rings.